The first kappa shape index (κ1) is 26.2. The zero-order chi connectivity index (χ0) is 26.4. The maximum atomic E-state index is 12.8. The molecule has 1 atom stereocenters. The van der Waals surface area contributed by atoms with Crippen molar-refractivity contribution < 1.29 is 31.9 Å². The zero-order valence-electron chi connectivity index (χ0n) is 20.4. The van der Waals surface area contributed by atoms with E-state index in [1.54, 1.807) is 24.3 Å². The normalized spacial score (nSPS) is 14.4. The van der Waals surface area contributed by atoms with Gasteiger partial charge in [0.25, 0.3) is 0 Å². The molecule has 0 bridgehead atoms. The van der Waals surface area contributed by atoms with Crippen molar-refractivity contribution in [2.45, 2.75) is 44.8 Å². The van der Waals surface area contributed by atoms with Gasteiger partial charge < -0.3 is 19.4 Å². The number of benzene rings is 2. The molecule has 1 fully saturated rings. The van der Waals surface area contributed by atoms with E-state index in [-0.39, 0.29) is 6.42 Å². The molecule has 1 N–H and O–H groups in total. The zero-order valence-corrected chi connectivity index (χ0v) is 20.4. The third-order valence-corrected chi connectivity index (χ3v) is 6.16. The summed E-state index contributed by atoms with van der Waals surface area (Å²) in [5.41, 5.74) is 2.28. The fourth-order valence-corrected chi connectivity index (χ4v) is 4.19. The number of nitrogens with zero attached hydrogens (tertiary/aromatic N) is 2. The van der Waals surface area contributed by atoms with Crippen LogP contribution in [0.4, 0.5) is 13.2 Å². The molecular formula is C27H28F3N3O4. The standard InChI is InChI=1S/C27H28F3N3O4/c1-18-22(31-24(37-18)20-7-3-2-4-8-20)13-16-36-21-11-9-19(10-12-21)17-23(32-26(35)27(28,29)30)25(34)33-14-5-6-15-33/h2-4,7-12,23H,5-6,13-17H2,1H3,(H,32,35). The van der Waals surface area contributed by atoms with Gasteiger partial charge in [0.15, 0.2) is 0 Å². The van der Waals surface area contributed by atoms with Crippen LogP contribution in [0.25, 0.3) is 11.5 Å². The molecule has 10 heteroatoms. The van der Waals surface area contributed by atoms with Crippen molar-refractivity contribution in [3.8, 4) is 17.2 Å². The van der Waals surface area contributed by atoms with E-state index in [0.717, 1.165) is 24.1 Å². The second-order valence-corrected chi connectivity index (χ2v) is 8.89. The molecule has 4 rings (SSSR count). The lowest BCUT2D eigenvalue weighted by atomic mass is 10.0. The van der Waals surface area contributed by atoms with E-state index in [9.17, 15) is 22.8 Å². The molecule has 1 aliphatic heterocycles. The minimum Gasteiger partial charge on any atom is -0.493 e. The highest BCUT2D eigenvalue weighted by molar-refractivity contribution is 5.90. The fraction of sp³-hybridized carbons (Fsp3) is 0.370. The predicted molar refractivity (Wildman–Crippen MR) is 130 cm³/mol. The summed E-state index contributed by atoms with van der Waals surface area (Å²) in [7, 11) is 0. The van der Waals surface area contributed by atoms with Crippen molar-refractivity contribution in [2.24, 2.45) is 0 Å². The number of halogens is 3. The van der Waals surface area contributed by atoms with Crippen LogP contribution in [0.15, 0.2) is 59.0 Å². The number of aromatic nitrogens is 1. The first-order valence-corrected chi connectivity index (χ1v) is 12.1. The summed E-state index contributed by atoms with van der Waals surface area (Å²) in [4.78, 5) is 30.4. The Morgan fingerprint density at radius 1 is 1.08 bits per heavy atom. The Morgan fingerprint density at radius 2 is 1.76 bits per heavy atom. The molecular weight excluding hydrogens is 487 g/mol. The largest absolute Gasteiger partial charge is 0.493 e. The highest BCUT2D eigenvalue weighted by Crippen LogP contribution is 2.22. The molecule has 37 heavy (non-hydrogen) atoms. The number of carbonyl (C=O) groups is 2. The van der Waals surface area contributed by atoms with Crippen molar-refractivity contribution in [3.05, 3.63) is 71.6 Å². The number of carbonyl (C=O) groups excluding carboxylic acids is 2. The summed E-state index contributed by atoms with van der Waals surface area (Å²) in [6.45, 7) is 3.14. The van der Waals surface area contributed by atoms with Crippen LogP contribution in [0.1, 0.15) is 29.9 Å². The van der Waals surface area contributed by atoms with Crippen LogP contribution in [0.2, 0.25) is 0 Å². The molecule has 1 saturated heterocycles. The van der Waals surface area contributed by atoms with E-state index in [0.29, 0.717) is 49.1 Å². The smallest absolute Gasteiger partial charge is 0.471 e. The van der Waals surface area contributed by atoms with Crippen LogP contribution in [0.5, 0.6) is 5.75 Å². The molecule has 1 unspecified atom stereocenters. The molecule has 1 aromatic heterocycles. The van der Waals surface area contributed by atoms with Crippen molar-refractivity contribution in [1.82, 2.24) is 15.2 Å². The van der Waals surface area contributed by atoms with Crippen molar-refractivity contribution in [3.63, 3.8) is 0 Å². The molecule has 196 valence electrons. The predicted octanol–water partition coefficient (Wildman–Crippen LogP) is 4.48. The van der Waals surface area contributed by atoms with Crippen molar-refractivity contribution in [2.75, 3.05) is 19.7 Å². The molecule has 2 amide bonds. The number of amides is 2. The highest BCUT2D eigenvalue weighted by atomic mass is 19.4. The van der Waals surface area contributed by atoms with Crippen molar-refractivity contribution >= 4 is 11.8 Å². The second-order valence-electron chi connectivity index (χ2n) is 8.89. The molecule has 1 aliphatic rings. The Kier molecular flexibility index (Phi) is 8.15. The summed E-state index contributed by atoms with van der Waals surface area (Å²) in [5.74, 6) is -0.799. The maximum Gasteiger partial charge on any atom is 0.471 e. The van der Waals surface area contributed by atoms with Gasteiger partial charge in [-0.15, -0.1) is 0 Å². The Morgan fingerprint density at radius 3 is 2.41 bits per heavy atom. The summed E-state index contributed by atoms with van der Waals surface area (Å²) >= 11 is 0. The first-order chi connectivity index (χ1) is 17.7. The maximum absolute atomic E-state index is 12.8. The third kappa shape index (κ3) is 6.90. The van der Waals surface area contributed by atoms with Gasteiger partial charge in [-0.2, -0.15) is 13.2 Å². The van der Waals surface area contributed by atoms with Crippen LogP contribution in [-0.4, -0.2) is 53.6 Å². The summed E-state index contributed by atoms with van der Waals surface area (Å²) in [6, 6.07) is 15.0. The minimum atomic E-state index is -5.06. The van der Waals surface area contributed by atoms with E-state index >= 15 is 0 Å². The monoisotopic (exact) mass is 515 g/mol. The molecule has 2 aromatic carbocycles. The Bertz CT molecular complexity index is 1200. The fourth-order valence-electron chi connectivity index (χ4n) is 4.19. The average molecular weight is 516 g/mol. The van der Waals surface area contributed by atoms with Crippen LogP contribution in [0, 0.1) is 6.92 Å². The second kappa shape index (κ2) is 11.5. The summed E-state index contributed by atoms with van der Waals surface area (Å²) < 4.78 is 50.1. The van der Waals surface area contributed by atoms with Gasteiger partial charge in [-0.3, -0.25) is 9.59 Å². The van der Waals surface area contributed by atoms with Gasteiger partial charge in [-0.1, -0.05) is 30.3 Å². The number of nitrogens with one attached hydrogen (secondary N) is 1. The SMILES string of the molecule is Cc1oc(-c2ccccc2)nc1CCOc1ccc(CC(NC(=O)C(F)(F)F)C(=O)N2CCCC2)cc1. The van der Waals surface area contributed by atoms with Gasteiger partial charge in [0, 0.05) is 31.5 Å². The third-order valence-electron chi connectivity index (χ3n) is 6.16. The number of ether oxygens (including phenoxy) is 1. The van der Waals surface area contributed by atoms with Gasteiger partial charge in [0.1, 0.15) is 17.6 Å². The lowest BCUT2D eigenvalue weighted by molar-refractivity contribution is -0.175. The minimum absolute atomic E-state index is 0.0577. The van der Waals surface area contributed by atoms with E-state index in [2.05, 4.69) is 4.98 Å². The van der Waals surface area contributed by atoms with Gasteiger partial charge in [-0.05, 0) is 49.6 Å². The lowest BCUT2D eigenvalue weighted by Gasteiger charge is -2.24. The topological polar surface area (TPSA) is 84.7 Å². The van der Waals surface area contributed by atoms with Gasteiger partial charge >= 0.3 is 12.1 Å². The number of likely N-dealkylation sites (tertiary alicyclic amines) is 1. The Balaban J connectivity index is 1.34. The Hall–Kier alpha value is -3.82. The van der Waals surface area contributed by atoms with Crippen LogP contribution in [-0.2, 0) is 22.4 Å². The highest BCUT2D eigenvalue weighted by Gasteiger charge is 2.41. The molecule has 3 aromatic rings. The first-order valence-electron chi connectivity index (χ1n) is 12.1. The van der Waals surface area contributed by atoms with E-state index in [4.69, 9.17) is 9.15 Å². The van der Waals surface area contributed by atoms with E-state index in [1.807, 2.05) is 42.6 Å². The molecule has 0 saturated carbocycles. The lowest BCUT2D eigenvalue weighted by Crippen LogP contribution is -2.52. The number of alkyl halides is 3. The van der Waals surface area contributed by atoms with Gasteiger partial charge in [0.05, 0.1) is 12.3 Å². The molecule has 2 heterocycles. The quantitative estimate of drug-likeness (QED) is 0.454. The number of aryl methyl sites for hydroxylation is 1. The molecule has 0 spiro atoms. The van der Waals surface area contributed by atoms with Gasteiger partial charge in [0.2, 0.25) is 11.8 Å². The number of hydrogen-bond donors (Lipinski definition) is 1. The summed E-state index contributed by atoms with van der Waals surface area (Å²) in [6.07, 6.45) is -3.01. The van der Waals surface area contributed by atoms with Crippen LogP contribution >= 0.6 is 0 Å². The van der Waals surface area contributed by atoms with E-state index < -0.39 is 24.0 Å². The number of rotatable bonds is 9. The molecule has 0 aliphatic carbocycles. The number of oxazole rings is 1. The number of hydrogen-bond acceptors (Lipinski definition) is 5. The van der Waals surface area contributed by atoms with Gasteiger partial charge in [-0.25, -0.2) is 4.98 Å². The summed E-state index contributed by atoms with van der Waals surface area (Å²) in [5, 5.41) is 1.87. The Labute approximate surface area is 212 Å². The van der Waals surface area contributed by atoms with Crippen molar-refractivity contribution in [1.29, 1.82) is 0 Å². The van der Waals surface area contributed by atoms with Crippen LogP contribution < -0.4 is 10.1 Å². The molecule has 7 nitrogen and oxygen atoms in total. The molecule has 0 radical (unpaired) electrons. The average Bonchev–Trinajstić information content (AvgIpc) is 3.54. The van der Waals surface area contributed by atoms with Crippen LogP contribution in [0.3, 0.4) is 0 Å². The van der Waals surface area contributed by atoms with E-state index in [1.165, 1.54) is 4.90 Å².